The molecule has 1 aromatic heterocycles. The molecule has 5 nitrogen and oxygen atoms in total. The maximum atomic E-state index is 6.02. The maximum Gasteiger partial charge on any atom is 0.191 e. The van der Waals surface area contributed by atoms with Crippen LogP contribution in [0.25, 0.3) is 0 Å². The van der Waals surface area contributed by atoms with Gasteiger partial charge in [-0.1, -0.05) is 30.3 Å². The number of ether oxygens (including phenoxy) is 2. The fraction of sp³-hybridized carbons (Fsp3) is 0.476. The Labute approximate surface area is 189 Å². The minimum atomic E-state index is 0. The molecule has 2 aromatic rings. The summed E-state index contributed by atoms with van der Waals surface area (Å²) >= 11 is 1.79. The van der Waals surface area contributed by atoms with E-state index in [0.29, 0.717) is 12.7 Å². The zero-order valence-electron chi connectivity index (χ0n) is 16.4. The average molecular weight is 515 g/mol. The van der Waals surface area contributed by atoms with E-state index in [0.717, 1.165) is 51.5 Å². The predicted molar refractivity (Wildman–Crippen MR) is 127 cm³/mol. The van der Waals surface area contributed by atoms with Crippen LogP contribution in [0.4, 0.5) is 0 Å². The lowest BCUT2D eigenvalue weighted by molar-refractivity contribution is -0.0390. The van der Waals surface area contributed by atoms with Crippen LogP contribution in [0.2, 0.25) is 0 Å². The van der Waals surface area contributed by atoms with Crippen LogP contribution in [0.15, 0.2) is 46.8 Å². The highest BCUT2D eigenvalue weighted by molar-refractivity contribution is 14.0. The molecule has 0 spiro atoms. The number of guanidine groups is 1. The van der Waals surface area contributed by atoms with E-state index in [1.807, 2.05) is 0 Å². The van der Waals surface area contributed by atoms with Crippen molar-refractivity contribution in [3.63, 3.8) is 0 Å². The fourth-order valence-corrected chi connectivity index (χ4v) is 3.76. The lowest BCUT2D eigenvalue weighted by Crippen LogP contribution is -2.37. The summed E-state index contributed by atoms with van der Waals surface area (Å²) in [5, 5.41) is 8.87. The van der Waals surface area contributed by atoms with E-state index in [2.05, 4.69) is 57.4 Å². The smallest absolute Gasteiger partial charge is 0.191 e. The highest BCUT2D eigenvalue weighted by Crippen LogP contribution is 2.14. The monoisotopic (exact) mass is 515 g/mol. The third kappa shape index (κ3) is 8.06. The topological polar surface area (TPSA) is 54.9 Å². The van der Waals surface area contributed by atoms with E-state index in [1.165, 1.54) is 16.0 Å². The highest BCUT2D eigenvalue weighted by Gasteiger charge is 2.14. The van der Waals surface area contributed by atoms with Gasteiger partial charge in [-0.2, -0.15) is 0 Å². The first-order chi connectivity index (χ1) is 13.3. The van der Waals surface area contributed by atoms with Gasteiger partial charge in [0.2, 0.25) is 0 Å². The van der Waals surface area contributed by atoms with E-state index in [-0.39, 0.29) is 24.0 Å². The molecule has 154 valence electrons. The van der Waals surface area contributed by atoms with Crippen LogP contribution in [-0.4, -0.2) is 38.9 Å². The summed E-state index contributed by atoms with van der Waals surface area (Å²) in [4.78, 5) is 5.69. The van der Waals surface area contributed by atoms with Crippen molar-refractivity contribution in [2.75, 3.05) is 26.8 Å². The Morgan fingerprint density at radius 2 is 2.00 bits per heavy atom. The number of nitrogens with zero attached hydrogens (tertiary/aromatic N) is 1. The first kappa shape index (κ1) is 23.1. The minimum Gasteiger partial charge on any atom is -0.381 e. The number of hydrogen-bond acceptors (Lipinski definition) is 4. The van der Waals surface area contributed by atoms with E-state index >= 15 is 0 Å². The molecular formula is C21H30IN3O2S. The van der Waals surface area contributed by atoms with E-state index < -0.39 is 0 Å². The third-order valence-electron chi connectivity index (χ3n) is 4.57. The van der Waals surface area contributed by atoms with Crippen molar-refractivity contribution in [2.24, 2.45) is 4.99 Å². The van der Waals surface area contributed by atoms with Gasteiger partial charge < -0.3 is 20.1 Å². The van der Waals surface area contributed by atoms with Crippen molar-refractivity contribution < 1.29 is 9.47 Å². The zero-order valence-corrected chi connectivity index (χ0v) is 19.5. The Bertz CT molecular complexity index is 703. The second kappa shape index (κ2) is 13.1. The van der Waals surface area contributed by atoms with Crippen LogP contribution in [0.3, 0.4) is 0 Å². The van der Waals surface area contributed by atoms with Gasteiger partial charge in [0.1, 0.15) is 0 Å². The predicted octanol–water partition coefficient (Wildman–Crippen LogP) is 3.97. The molecular weight excluding hydrogens is 485 g/mol. The number of halogens is 1. The third-order valence-corrected chi connectivity index (χ3v) is 5.51. The molecule has 1 aliphatic rings. The van der Waals surface area contributed by atoms with Crippen LogP contribution in [0.5, 0.6) is 0 Å². The molecule has 0 atom stereocenters. The molecule has 0 bridgehead atoms. The summed E-state index contributed by atoms with van der Waals surface area (Å²) in [7, 11) is 1.80. The maximum absolute atomic E-state index is 6.02. The lowest BCUT2D eigenvalue weighted by atomic mass is 10.1. The van der Waals surface area contributed by atoms with Crippen LogP contribution in [0.1, 0.15) is 28.8 Å². The van der Waals surface area contributed by atoms with Gasteiger partial charge in [-0.05, 0) is 41.8 Å². The van der Waals surface area contributed by atoms with Crippen LogP contribution in [-0.2, 0) is 29.0 Å². The molecule has 1 aromatic carbocycles. The quantitative estimate of drug-likeness (QED) is 0.318. The number of hydrogen-bond donors (Lipinski definition) is 2. The van der Waals surface area contributed by atoms with E-state index in [4.69, 9.17) is 9.47 Å². The molecule has 1 aliphatic heterocycles. The highest BCUT2D eigenvalue weighted by atomic mass is 127. The summed E-state index contributed by atoms with van der Waals surface area (Å²) in [6, 6.07) is 12.8. The molecule has 0 aliphatic carbocycles. The molecule has 28 heavy (non-hydrogen) atoms. The normalized spacial score (nSPS) is 15.1. The van der Waals surface area contributed by atoms with Crippen molar-refractivity contribution in [1.29, 1.82) is 0 Å². The number of benzene rings is 1. The number of nitrogens with one attached hydrogen (secondary N) is 2. The largest absolute Gasteiger partial charge is 0.381 e. The van der Waals surface area contributed by atoms with Crippen molar-refractivity contribution in [3.05, 3.63) is 57.8 Å². The van der Waals surface area contributed by atoms with Crippen molar-refractivity contribution in [3.8, 4) is 0 Å². The molecule has 3 rings (SSSR count). The molecule has 0 unspecified atom stereocenters. The lowest BCUT2D eigenvalue weighted by Gasteiger charge is -2.22. The summed E-state index contributed by atoms with van der Waals surface area (Å²) in [6.07, 6.45) is 3.33. The van der Waals surface area contributed by atoms with E-state index in [9.17, 15) is 0 Å². The molecule has 0 amide bonds. The van der Waals surface area contributed by atoms with Gasteiger partial charge in [0.05, 0.1) is 12.7 Å². The van der Waals surface area contributed by atoms with Gasteiger partial charge in [-0.25, -0.2) is 0 Å². The number of rotatable bonds is 8. The SMILES string of the molecule is CN=C(NCCc1cccs1)NCc1cccc(COC2CCOCC2)c1.I. The second-order valence-electron chi connectivity index (χ2n) is 6.62. The molecule has 2 N–H and O–H groups in total. The van der Waals surface area contributed by atoms with Gasteiger partial charge >= 0.3 is 0 Å². The van der Waals surface area contributed by atoms with Crippen LogP contribution in [0, 0.1) is 0 Å². The summed E-state index contributed by atoms with van der Waals surface area (Å²) in [5.41, 5.74) is 2.44. The van der Waals surface area contributed by atoms with Gasteiger partial charge in [-0.15, -0.1) is 35.3 Å². The molecule has 1 saturated heterocycles. The molecule has 0 saturated carbocycles. The summed E-state index contributed by atoms with van der Waals surface area (Å²) < 4.78 is 11.4. The Balaban J connectivity index is 0.00000280. The zero-order chi connectivity index (χ0) is 18.7. The Morgan fingerprint density at radius 1 is 1.18 bits per heavy atom. The van der Waals surface area contributed by atoms with Crippen LogP contribution >= 0.6 is 35.3 Å². The summed E-state index contributed by atoms with van der Waals surface area (Å²) in [6.45, 7) is 3.90. The second-order valence-corrected chi connectivity index (χ2v) is 7.66. The van der Waals surface area contributed by atoms with Crippen LogP contribution < -0.4 is 10.6 Å². The van der Waals surface area contributed by atoms with Gasteiger partial charge in [-0.3, -0.25) is 4.99 Å². The van der Waals surface area contributed by atoms with E-state index in [1.54, 1.807) is 18.4 Å². The Morgan fingerprint density at radius 3 is 2.75 bits per heavy atom. The Hall–Kier alpha value is -1.16. The number of aliphatic imine (C=N–C) groups is 1. The van der Waals surface area contributed by atoms with Crippen molar-refractivity contribution >= 4 is 41.3 Å². The average Bonchev–Trinajstić information content (AvgIpc) is 3.23. The summed E-state index contributed by atoms with van der Waals surface area (Å²) in [5.74, 6) is 0.829. The first-order valence-electron chi connectivity index (χ1n) is 9.57. The van der Waals surface area contributed by atoms with Gasteiger partial charge in [0, 0.05) is 38.2 Å². The van der Waals surface area contributed by atoms with Crippen molar-refractivity contribution in [1.82, 2.24) is 10.6 Å². The molecule has 1 fully saturated rings. The standard InChI is InChI=1S/C21H29N3O2S.HI/c1-22-21(23-10-7-20-6-3-13-27-20)24-15-17-4-2-5-18(14-17)16-26-19-8-11-25-12-9-19;/h2-6,13-14,19H,7-12,15-16H2,1H3,(H2,22,23,24);1H. The minimum absolute atomic E-state index is 0. The molecule has 7 heteroatoms. The number of thiophene rings is 1. The fourth-order valence-electron chi connectivity index (χ4n) is 3.05. The molecule has 2 heterocycles. The van der Waals surface area contributed by atoms with Gasteiger partial charge in [0.15, 0.2) is 5.96 Å². The van der Waals surface area contributed by atoms with Gasteiger partial charge in [0.25, 0.3) is 0 Å². The first-order valence-corrected chi connectivity index (χ1v) is 10.5. The van der Waals surface area contributed by atoms with Crippen molar-refractivity contribution in [2.45, 2.75) is 38.5 Å². The Kier molecular flexibility index (Phi) is 10.8. The molecule has 0 radical (unpaired) electrons.